The highest BCUT2D eigenvalue weighted by Crippen LogP contribution is 2.39. The highest BCUT2D eigenvalue weighted by Gasteiger charge is 2.34. The van der Waals surface area contributed by atoms with Gasteiger partial charge in [0.05, 0.1) is 32.1 Å². The number of alkyl halides is 3. The summed E-state index contributed by atoms with van der Waals surface area (Å²) in [5.41, 5.74) is 0.810. The van der Waals surface area contributed by atoms with Gasteiger partial charge < -0.3 is 19.5 Å². The lowest BCUT2D eigenvalue weighted by atomic mass is 10.1. The Bertz CT molecular complexity index is 1040. The van der Waals surface area contributed by atoms with Crippen LogP contribution in [0.25, 0.3) is 11.3 Å². The lowest BCUT2D eigenvalue weighted by molar-refractivity contribution is -0.138. The quantitative estimate of drug-likeness (QED) is 0.321. The van der Waals surface area contributed by atoms with E-state index in [1.807, 2.05) is 6.92 Å². The number of ether oxygens (including phenoxy) is 3. The highest BCUT2D eigenvalue weighted by molar-refractivity contribution is 7.14. The van der Waals surface area contributed by atoms with Gasteiger partial charge in [-0.1, -0.05) is 19.8 Å². The Balaban J connectivity index is 1.82. The minimum absolute atomic E-state index is 0.167. The molecule has 32 heavy (non-hydrogen) atoms. The Morgan fingerprint density at radius 3 is 2.47 bits per heavy atom. The van der Waals surface area contributed by atoms with E-state index in [1.165, 1.54) is 17.4 Å². The molecule has 1 heterocycles. The standard InChI is InChI=1S/C23H25F3N2O3S/c1-4-5-6-11-31-21-9-7-15(12-18(21)23(24,25)26)27-22-28-19(14-32-22)17-13-16(29-2)8-10-20(17)30-3/h7-10,12-14H,4-6,11H2,1-3H3,(H,27,28). The van der Waals surface area contributed by atoms with Gasteiger partial charge in [-0.05, 0) is 42.8 Å². The molecule has 0 aliphatic carbocycles. The van der Waals surface area contributed by atoms with Crippen molar-refractivity contribution in [1.29, 1.82) is 0 Å². The zero-order valence-electron chi connectivity index (χ0n) is 18.1. The van der Waals surface area contributed by atoms with Gasteiger partial charge >= 0.3 is 6.18 Å². The van der Waals surface area contributed by atoms with E-state index in [0.717, 1.165) is 24.5 Å². The molecule has 172 valence electrons. The molecule has 2 aromatic carbocycles. The Kier molecular flexibility index (Phi) is 7.84. The first-order valence-corrected chi connectivity index (χ1v) is 11.0. The molecule has 3 rings (SSSR count). The molecular formula is C23H25F3N2O3S. The molecule has 0 fully saturated rings. The molecule has 0 atom stereocenters. The number of anilines is 2. The summed E-state index contributed by atoms with van der Waals surface area (Å²) in [6, 6.07) is 9.29. The number of hydrogen-bond donors (Lipinski definition) is 1. The lowest BCUT2D eigenvalue weighted by Gasteiger charge is -2.15. The molecule has 0 saturated heterocycles. The van der Waals surface area contributed by atoms with Crippen molar-refractivity contribution in [2.24, 2.45) is 0 Å². The van der Waals surface area contributed by atoms with Crippen LogP contribution in [0.15, 0.2) is 41.8 Å². The maximum Gasteiger partial charge on any atom is 0.420 e. The zero-order valence-corrected chi connectivity index (χ0v) is 18.9. The van der Waals surface area contributed by atoms with E-state index < -0.39 is 11.7 Å². The molecule has 0 radical (unpaired) electrons. The van der Waals surface area contributed by atoms with Crippen molar-refractivity contribution < 1.29 is 27.4 Å². The fraction of sp³-hybridized carbons (Fsp3) is 0.348. The fourth-order valence-electron chi connectivity index (χ4n) is 3.08. The monoisotopic (exact) mass is 466 g/mol. The van der Waals surface area contributed by atoms with Crippen LogP contribution in [0.3, 0.4) is 0 Å². The Morgan fingerprint density at radius 1 is 1.00 bits per heavy atom. The third-order valence-corrected chi connectivity index (χ3v) is 5.49. The van der Waals surface area contributed by atoms with Crippen molar-refractivity contribution in [2.45, 2.75) is 32.4 Å². The van der Waals surface area contributed by atoms with Gasteiger partial charge in [0.2, 0.25) is 0 Å². The van der Waals surface area contributed by atoms with Crippen LogP contribution in [-0.2, 0) is 6.18 Å². The molecule has 3 aromatic rings. The van der Waals surface area contributed by atoms with Gasteiger partial charge in [0.15, 0.2) is 5.13 Å². The van der Waals surface area contributed by atoms with E-state index in [9.17, 15) is 13.2 Å². The average molecular weight is 467 g/mol. The summed E-state index contributed by atoms with van der Waals surface area (Å²) in [4.78, 5) is 4.50. The predicted molar refractivity (Wildman–Crippen MR) is 120 cm³/mol. The number of nitrogens with zero attached hydrogens (tertiary/aromatic N) is 1. The summed E-state index contributed by atoms with van der Waals surface area (Å²) in [5, 5.41) is 5.21. The molecular weight excluding hydrogens is 441 g/mol. The van der Waals surface area contributed by atoms with E-state index in [4.69, 9.17) is 14.2 Å². The van der Waals surface area contributed by atoms with Gasteiger partial charge in [0.1, 0.15) is 17.2 Å². The number of halogens is 3. The normalized spacial score (nSPS) is 11.3. The van der Waals surface area contributed by atoms with Crippen LogP contribution in [0.4, 0.5) is 24.0 Å². The average Bonchev–Trinajstić information content (AvgIpc) is 3.24. The summed E-state index contributed by atoms with van der Waals surface area (Å²) >= 11 is 1.28. The summed E-state index contributed by atoms with van der Waals surface area (Å²) in [5.74, 6) is 1.10. The first kappa shape index (κ1) is 23.7. The summed E-state index contributed by atoms with van der Waals surface area (Å²) in [6.45, 7) is 2.28. The Morgan fingerprint density at radius 2 is 1.78 bits per heavy atom. The molecule has 1 aromatic heterocycles. The molecule has 0 amide bonds. The smallest absolute Gasteiger partial charge is 0.420 e. The van der Waals surface area contributed by atoms with Crippen LogP contribution < -0.4 is 19.5 Å². The molecule has 5 nitrogen and oxygen atoms in total. The molecule has 0 saturated carbocycles. The molecule has 0 bridgehead atoms. The third-order valence-electron chi connectivity index (χ3n) is 4.73. The predicted octanol–water partition coefficient (Wildman–Crippen LogP) is 7.16. The van der Waals surface area contributed by atoms with Gasteiger partial charge in [-0.3, -0.25) is 0 Å². The van der Waals surface area contributed by atoms with Crippen LogP contribution in [-0.4, -0.2) is 25.8 Å². The molecule has 9 heteroatoms. The van der Waals surface area contributed by atoms with E-state index in [-0.39, 0.29) is 18.0 Å². The number of rotatable bonds is 10. The van der Waals surface area contributed by atoms with Crippen molar-refractivity contribution >= 4 is 22.2 Å². The number of unbranched alkanes of at least 4 members (excludes halogenated alkanes) is 2. The minimum atomic E-state index is -4.53. The van der Waals surface area contributed by atoms with Gasteiger partial charge in [0.25, 0.3) is 0 Å². The van der Waals surface area contributed by atoms with Crippen LogP contribution in [0.1, 0.15) is 31.7 Å². The summed E-state index contributed by atoms with van der Waals surface area (Å²) in [7, 11) is 3.12. The maximum atomic E-state index is 13.6. The largest absolute Gasteiger partial charge is 0.497 e. The number of benzene rings is 2. The van der Waals surface area contributed by atoms with Gasteiger partial charge in [0, 0.05) is 16.6 Å². The van der Waals surface area contributed by atoms with E-state index >= 15 is 0 Å². The molecule has 0 unspecified atom stereocenters. The van der Waals surface area contributed by atoms with Crippen molar-refractivity contribution in [3.05, 3.63) is 47.3 Å². The first-order valence-electron chi connectivity index (χ1n) is 10.1. The SMILES string of the molecule is CCCCCOc1ccc(Nc2nc(-c3cc(OC)ccc3OC)cs2)cc1C(F)(F)F. The van der Waals surface area contributed by atoms with Gasteiger partial charge in [-0.15, -0.1) is 11.3 Å². The van der Waals surface area contributed by atoms with Crippen molar-refractivity contribution in [2.75, 3.05) is 26.1 Å². The van der Waals surface area contributed by atoms with Crippen LogP contribution in [0, 0.1) is 0 Å². The first-order chi connectivity index (χ1) is 15.4. The second-order valence-electron chi connectivity index (χ2n) is 6.99. The Labute approximate surface area is 189 Å². The van der Waals surface area contributed by atoms with E-state index in [2.05, 4.69) is 10.3 Å². The summed E-state index contributed by atoms with van der Waals surface area (Å²) < 4.78 is 56.8. The Hall–Kier alpha value is -2.94. The van der Waals surface area contributed by atoms with Crippen molar-refractivity contribution in [1.82, 2.24) is 4.98 Å². The minimum Gasteiger partial charge on any atom is -0.497 e. The van der Waals surface area contributed by atoms with E-state index in [0.29, 0.717) is 28.7 Å². The maximum absolute atomic E-state index is 13.6. The van der Waals surface area contributed by atoms with Crippen molar-refractivity contribution in [3.8, 4) is 28.5 Å². The van der Waals surface area contributed by atoms with Crippen LogP contribution >= 0.6 is 11.3 Å². The number of methoxy groups -OCH3 is 2. The van der Waals surface area contributed by atoms with Crippen LogP contribution in [0.2, 0.25) is 0 Å². The number of nitrogens with one attached hydrogen (secondary N) is 1. The molecule has 0 aliphatic heterocycles. The van der Waals surface area contributed by atoms with Gasteiger partial charge in [-0.25, -0.2) is 4.98 Å². The second kappa shape index (κ2) is 10.6. The molecule has 1 N–H and O–H groups in total. The number of thiazole rings is 1. The fourth-order valence-corrected chi connectivity index (χ4v) is 3.81. The highest BCUT2D eigenvalue weighted by atomic mass is 32.1. The topological polar surface area (TPSA) is 52.6 Å². The molecule has 0 spiro atoms. The lowest BCUT2D eigenvalue weighted by Crippen LogP contribution is -2.10. The van der Waals surface area contributed by atoms with Crippen LogP contribution in [0.5, 0.6) is 17.2 Å². The third kappa shape index (κ3) is 5.85. The number of aromatic nitrogens is 1. The second-order valence-corrected chi connectivity index (χ2v) is 7.85. The van der Waals surface area contributed by atoms with E-state index in [1.54, 1.807) is 43.9 Å². The van der Waals surface area contributed by atoms with Gasteiger partial charge in [-0.2, -0.15) is 13.2 Å². The number of hydrogen-bond acceptors (Lipinski definition) is 6. The van der Waals surface area contributed by atoms with Crippen molar-refractivity contribution in [3.63, 3.8) is 0 Å². The molecule has 0 aliphatic rings. The summed E-state index contributed by atoms with van der Waals surface area (Å²) in [6.07, 6.45) is -1.94. The zero-order chi connectivity index (χ0) is 23.1.